The van der Waals surface area contributed by atoms with Gasteiger partial charge in [-0.15, -0.1) is 0 Å². The van der Waals surface area contributed by atoms with Gasteiger partial charge in [0.2, 0.25) is 0 Å². The van der Waals surface area contributed by atoms with E-state index in [1.807, 2.05) is 0 Å². The lowest BCUT2D eigenvalue weighted by atomic mass is 10.3. The monoisotopic (exact) mass is 276 g/mol. The van der Waals surface area contributed by atoms with Crippen molar-refractivity contribution in [3.63, 3.8) is 0 Å². The number of carbonyl (C=O) groups is 1. The smallest absolute Gasteiger partial charge is 0.322 e. The molecule has 0 spiro atoms. The minimum Gasteiger partial charge on any atom is -0.395 e. The largest absolute Gasteiger partial charge is 0.395 e. The highest BCUT2D eigenvalue weighted by Gasteiger charge is 2.14. The number of rotatable bonds is 5. The second kappa shape index (κ2) is 7.15. The lowest BCUT2D eigenvalue weighted by molar-refractivity contribution is 0.167. The fraction of sp³-hybridized carbons (Fsp3) is 0.364. The molecule has 3 N–H and O–H groups in total. The molecule has 18 heavy (non-hydrogen) atoms. The molecule has 0 atom stereocenters. The van der Waals surface area contributed by atoms with E-state index in [2.05, 4.69) is 5.32 Å². The third-order valence-electron chi connectivity index (χ3n) is 2.20. The fourth-order valence-corrected chi connectivity index (χ4v) is 1.50. The van der Waals surface area contributed by atoms with Gasteiger partial charge in [0.15, 0.2) is 0 Å². The van der Waals surface area contributed by atoms with Crippen molar-refractivity contribution in [2.75, 3.05) is 31.6 Å². The van der Waals surface area contributed by atoms with E-state index >= 15 is 0 Å². The number of nitrogens with zero attached hydrogens (tertiary/aromatic N) is 1. The standard InChI is InChI=1S/C11H14ClFN2O3/c12-8-1-2-10(9(13)7-8)14-11(18)15(3-5-16)4-6-17/h1-2,7,16-17H,3-6H2,(H,14,18). The number of carbonyl (C=O) groups excluding carboxylic acids is 1. The van der Waals surface area contributed by atoms with Gasteiger partial charge in [-0.3, -0.25) is 0 Å². The average Bonchev–Trinajstić information content (AvgIpc) is 2.32. The number of hydrogen-bond donors (Lipinski definition) is 3. The molecule has 0 fully saturated rings. The molecule has 2 amide bonds. The van der Waals surface area contributed by atoms with Gasteiger partial charge in [-0.05, 0) is 18.2 Å². The van der Waals surface area contributed by atoms with Gasteiger partial charge in [0.25, 0.3) is 0 Å². The van der Waals surface area contributed by atoms with E-state index in [9.17, 15) is 9.18 Å². The van der Waals surface area contributed by atoms with Gasteiger partial charge < -0.3 is 20.4 Å². The van der Waals surface area contributed by atoms with Crippen LogP contribution in [-0.2, 0) is 0 Å². The molecule has 1 aromatic carbocycles. The zero-order valence-corrected chi connectivity index (χ0v) is 10.3. The van der Waals surface area contributed by atoms with Crippen LogP contribution in [0.1, 0.15) is 0 Å². The van der Waals surface area contributed by atoms with Gasteiger partial charge in [-0.2, -0.15) is 0 Å². The number of aliphatic hydroxyl groups is 2. The highest BCUT2D eigenvalue weighted by Crippen LogP contribution is 2.19. The Kier molecular flexibility index (Phi) is 5.84. The normalized spacial score (nSPS) is 10.2. The van der Waals surface area contributed by atoms with Gasteiger partial charge in [0.1, 0.15) is 5.82 Å². The molecule has 1 rings (SSSR count). The maximum atomic E-state index is 13.4. The molecule has 5 nitrogen and oxygen atoms in total. The minimum absolute atomic E-state index is 0.00900. The number of amides is 2. The van der Waals surface area contributed by atoms with E-state index < -0.39 is 11.8 Å². The molecule has 0 unspecified atom stereocenters. The van der Waals surface area contributed by atoms with Crippen molar-refractivity contribution in [3.05, 3.63) is 29.0 Å². The average molecular weight is 277 g/mol. The summed E-state index contributed by atoms with van der Waals surface area (Å²) in [6.45, 7) is -0.365. The first kappa shape index (κ1) is 14.7. The summed E-state index contributed by atoms with van der Waals surface area (Å²) in [6.07, 6.45) is 0. The second-order valence-electron chi connectivity index (χ2n) is 3.49. The van der Waals surface area contributed by atoms with Crippen LogP contribution in [0.2, 0.25) is 5.02 Å². The van der Waals surface area contributed by atoms with E-state index in [0.717, 1.165) is 6.07 Å². The highest BCUT2D eigenvalue weighted by atomic mass is 35.5. The van der Waals surface area contributed by atoms with Crippen molar-refractivity contribution < 1.29 is 19.4 Å². The Morgan fingerprint density at radius 3 is 2.44 bits per heavy atom. The van der Waals surface area contributed by atoms with Crippen LogP contribution in [-0.4, -0.2) is 47.4 Å². The van der Waals surface area contributed by atoms with Gasteiger partial charge >= 0.3 is 6.03 Å². The third-order valence-corrected chi connectivity index (χ3v) is 2.43. The molecule has 0 heterocycles. The van der Waals surface area contributed by atoms with Crippen LogP contribution in [0.4, 0.5) is 14.9 Å². The fourth-order valence-electron chi connectivity index (χ4n) is 1.34. The van der Waals surface area contributed by atoms with Crippen LogP contribution in [0.15, 0.2) is 18.2 Å². The molecule has 0 aliphatic heterocycles. The summed E-state index contributed by atoms with van der Waals surface area (Å²) >= 11 is 5.59. The Morgan fingerprint density at radius 2 is 1.94 bits per heavy atom. The molecule has 0 aromatic heterocycles. The molecule has 0 saturated carbocycles. The quantitative estimate of drug-likeness (QED) is 0.759. The second-order valence-corrected chi connectivity index (χ2v) is 3.93. The molecule has 7 heteroatoms. The summed E-state index contributed by atoms with van der Waals surface area (Å²) in [5.74, 6) is -0.649. The number of anilines is 1. The van der Waals surface area contributed by atoms with Crippen LogP contribution < -0.4 is 5.32 Å². The zero-order valence-electron chi connectivity index (χ0n) is 9.57. The van der Waals surface area contributed by atoms with Gasteiger partial charge in [0, 0.05) is 18.1 Å². The Morgan fingerprint density at radius 1 is 1.33 bits per heavy atom. The zero-order chi connectivity index (χ0) is 13.5. The summed E-state index contributed by atoms with van der Waals surface area (Å²) in [5, 5.41) is 20.1. The summed E-state index contributed by atoms with van der Waals surface area (Å²) in [5.41, 5.74) is -0.00900. The topological polar surface area (TPSA) is 72.8 Å². The molecular formula is C11H14ClFN2O3. The van der Waals surface area contributed by atoms with E-state index in [1.165, 1.54) is 17.0 Å². The number of hydrogen-bond acceptors (Lipinski definition) is 3. The predicted octanol–water partition coefficient (Wildman–Crippen LogP) is 1.30. The Labute approximate surface area is 109 Å². The summed E-state index contributed by atoms with van der Waals surface area (Å²) in [4.78, 5) is 12.9. The number of halogens is 2. The van der Waals surface area contributed by atoms with Crippen LogP contribution >= 0.6 is 11.6 Å². The first-order chi connectivity index (χ1) is 8.58. The SMILES string of the molecule is O=C(Nc1ccc(Cl)cc1F)N(CCO)CCO. The van der Waals surface area contributed by atoms with Crippen molar-refractivity contribution in [3.8, 4) is 0 Å². The molecule has 100 valence electrons. The van der Waals surface area contributed by atoms with Crippen molar-refractivity contribution in [1.82, 2.24) is 4.90 Å². The van der Waals surface area contributed by atoms with E-state index in [1.54, 1.807) is 0 Å². The predicted molar refractivity (Wildman–Crippen MR) is 66.2 cm³/mol. The van der Waals surface area contributed by atoms with Crippen LogP contribution in [0.3, 0.4) is 0 Å². The summed E-state index contributed by atoms with van der Waals surface area (Å²) in [6, 6.07) is 3.27. The maximum absolute atomic E-state index is 13.4. The van der Waals surface area contributed by atoms with Crippen LogP contribution in [0, 0.1) is 5.82 Å². The Balaban J connectivity index is 2.72. The van der Waals surface area contributed by atoms with E-state index in [4.69, 9.17) is 21.8 Å². The first-order valence-electron chi connectivity index (χ1n) is 5.31. The summed E-state index contributed by atoms with van der Waals surface area (Å²) < 4.78 is 13.4. The third kappa shape index (κ3) is 4.14. The van der Waals surface area contributed by atoms with E-state index in [-0.39, 0.29) is 37.0 Å². The molecule has 0 bridgehead atoms. The molecule has 0 aliphatic carbocycles. The lowest BCUT2D eigenvalue weighted by Crippen LogP contribution is -2.39. The molecule has 0 saturated heterocycles. The van der Waals surface area contributed by atoms with Gasteiger partial charge in [-0.1, -0.05) is 11.6 Å². The molecular weight excluding hydrogens is 263 g/mol. The molecule has 1 aromatic rings. The minimum atomic E-state index is -0.649. The molecule has 0 aliphatic rings. The number of nitrogens with one attached hydrogen (secondary N) is 1. The van der Waals surface area contributed by atoms with Crippen LogP contribution in [0.5, 0.6) is 0 Å². The first-order valence-corrected chi connectivity index (χ1v) is 5.69. The highest BCUT2D eigenvalue weighted by molar-refractivity contribution is 6.30. The van der Waals surface area contributed by atoms with E-state index in [0.29, 0.717) is 0 Å². The maximum Gasteiger partial charge on any atom is 0.322 e. The Bertz CT molecular complexity index is 411. The molecule has 0 radical (unpaired) electrons. The van der Waals surface area contributed by atoms with Crippen molar-refractivity contribution in [2.24, 2.45) is 0 Å². The number of benzene rings is 1. The van der Waals surface area contributed by atoms with Crippen molar-refractivity contribution in [1.29, 1.82) is 0 Å². The summed E-state index contributed by atoms with van der Waals surface area (Å²) in [7, 11) is 0. The van der Waals surface area contributed by atoms with Crippen molar-refractivity contribution >= 4 is 23.3 Å². The number of urea groups is 1. The Hall–Kier alpha value is -1.37. The van der Waals surface area contributed by atoms with Gasteiger partial charge in [0.05, 0.1) is 18.9 Å². The lowest BCUT2D eigenvalue weighted by Gasteiger charge is -2.21. The van der Waals surface area contributed by atoms with Crippen molar-refractivity contribution in [2.45, 2.75) is 0 Å². The van der Waals surface area contributed by atoms with Gasteiger partial charge in [-0.25, -0.2) is 9.18 Å². The number of aliphatic hydroxyl groups excluding tert-OH is 2. The van der Waals surface area contributed by atoms with Crippen LogP contribution in [0.25, 0.3) is 0 Å².